The number of nitrogens with zero attached hydrogens (tertiary/aromatic N) is 4. The lowest BCUT2D eigenvalue weighted by molar-refractivity contribution is -0.131. The molecule has 0 aliphatic carbocycles. The molecule has 0 saturated carbocycles. The van der Waals surface area contributed by atoms with Crippen LogP contribution in [0.5, 0.6) is 0 Å². The van der Waals surface area contributed by atoms with E-state index in [0.717, 1.165) is 31.6 Å². The molecular formula is C23H25FN4O. The normalized spacial score (nSPS) is 14.9. The maximum absolute atomic E-state index is 13.8. The fraction of sp³-hybridized carbons (Fsp3) is 0.348. The zero-order chi connectivity index (χ0) is 20.1. The van der Waals surface area contributed by atoms with Crippen molar-refractivity contribution in [3.63, 3.8) is 0 Å². The van der Waals surface area contributed by atoms with Crippen LogP contribution in [0.2, 0.25) is 0 Å². The van der Waals surface area contributed by atoms with Crippen molar-refractivity contribution in [2.45, 2.75) is 32.2 Å². The number of carbonyl (C=O) groups excluding carboxylic acids is 1. The minimum absolute atomic E-state index is 0.000736. The van der Waals surface area contributed by atoms with E-state index >= 15 is 0 Å². The first kappa shape index (κ1) is 19.3. The lowest BCUT2D eigenvalue weighted by Gasteiger charge is -2.32. The number of rotatable bonds is 6. The Kier molecular flexibility index (Phi) is 5.98. The van der Waals surface area contributed by atoms with Crippen molar-refractivity contribution in [2.24, 2.45) is 5.92 Å². The van der Waals surface area contributed by atoms with E-state index in [9.17, 15) is 9.18 Å². The van der Waals surface area contributed by atoms with Crippen molar-refractivity contribution < 1.29 is 9.18 Å². The summed E-state index contributed by atoms with van der Waals surface area (Å²) in [6.07, 6.45) is 4.64. The van der Waals surface area contributed by atoms with E-state index in [1.165, 1.54) is 11.6 Å². The van der Waals surface area contributed by atoms with Gasteiger partial charge in [-0.3, -0.25) is 4.79 Å². The van der Waals surface area contributed by atoms with Crippen molar-refractivity contribution in [1.82, 2.24) is 19.7 Å². The van der Waals surface area contributed by atoms with Gasteiger partial charge in [-0.2, -0.15) is 0 Å². The predicted octanol–water partition coefficient (Wildman–Crippen LogP) is 3.49. The van der Waals surface area contributed by atoms with Crippen LogP contribution in [0.15, 0.2) is 60.9 Å². The summed E-state index contributed by atoms with van der Waals surface area (Å²) in [6, 6.07) is 16.8. The molecule has 6 heteroatoms. The Bertz CT molecular complexity index is 948. The Hall–Kier alpha value is -3.02. The molecule has 0 unspecified atom stereocenters. The molecule has 0 radical (unpaired) electrons. The molecule has 1 amide bonds. The first-order valence-electron chi connectivity index (χ1n) is 10.1. The first-order chi connectivity index (χ1) is 14.2. The van der Waals surface area contributed by atoms with Crippen LogP contribution in [0, 0.1) is 11.7 Å². The number of halogens is 1. The van der Waals surface area contributed by atoms with Gasteiger partial charge in [0.15, 0.2) is 0 Å². The second kappa shape index (κ2) is 8.99. The highest BCUT2D eigenvalue weighted by Crippen LogP contribution is 2.22. The Morgan fingerprint density at radius 1 is 1.03 bits per heavy atom. The molecule has 1 fully saturated rings. The summed E-state index contributed by atoms with van der Waals surface area (Å²) in [4.78, 5) is 14.4. The Morgan fingerprint density at radius 2 is 1.76 bits per heavy atom. The van der Waals surface area contributed by atoms with E-state index in [4.69, 9.17) is 0 Å². The van der Waals surface area contributed by atoms with Gasteiger partial charge in [-0.25, -0.2) is 4.39 Å². The van der Waals surface area contributed by atoms with Crippen LogP contribution in [0.25, 0.3) is 0 Å². The summed E-state index contributed by atoms with van der Waals surface area (Å²) in [5.41, 5.74) is 1.69. The molecule has 3 aromatic rings. The Balaban J connectivity index is 1.30. The van der Waals surface area contributed by atoms with Gasteiger partial charge in [0.05, 0.1) is 13.0 Å². The fourth-order valence-corrected chi connectivity index (χ4v) is 3.91. The number of hydrogen-bond donors (Lipinski definition) is 0. The first-order valence-corrected chi connectivity index (χ1v) is 10.1. The fourth-order valence-electron chi connectivity index (χ4n) is 3.91. The second-order valence-corrected chi connectivity index (χ2v) is 7.66. The van der Waals surface area contributed by atoms with Gasteiger partial charge in [0.25, 0.3) is 0 Å². The lowest BCUT2D eigenvalue weighted by Crippen LogP contribution is -2.40. The molecule has 1 aromatic heterocycles. The molecule has 150 valence electrons. The van der Waals surface area contributed by atoms with E-state index in [1.807, 2.05) is 23.1 Å². The third kappa shape index (κ3) is 4.88. The molecule has 0 atom stereocenters. The summed E-state index contributed by atoms with van der Waals surface area (Å²) in [7, 11) is 0. The number of aromatic nitrogens is 3. The third-order valence-corrected chi connectivity index (χ3v) is 5.63. The van der Waals surface area contributed by atoms with E-state index in [-0.39, 0.29) is 18.1 Å². The average Bonchev–Trinajstić information content (AvgIpc) is 3.17. The number of amides is 1. The van der Waals surface area contributed by atoms with Crippen molar-refractivity contribution in [3.8, 4) is 0 Å². The Morgan fingerprint density at radius 3 is 2.52 bits per heavy atom. The average molecular weight is 392 g/mol. The standard InChI is InChI=1S/C23H25FN4O/c24-21-9-5-4-8-20(21)15-23(29)27-12-10-18(11-13-27)14-22-26-25-17-28(22)16-19-6-2-1-3-7-19/h1-9,17-18H,10-16H2. The maximum Gasteiger partial charge on any atom is 0.227 e. The molecule has 2 aromatic carbocycles. The van der Waals surface area contributed by atoms with E-state index in [1.54, 1.807) is 24.5 Å². The molecule has 29 heavy (non-hydrogen) atoms. The van der Waals surface area contributed by atoms with Gasteiger partial charge in [0.2, 0.25) is 5.91 Å². The molecule has 0 bridgehead atoms. The van der Waals surface area contributed by atoms with Crippen molar-refractivity contribution in [2.75, 3.05) is 13.1 Å². The van der Waals surface area contributed by atoms with Crippen LogP contribution in [0.4, 0.5) is 4.39 Å². The predicted molar refractivity (Wildman–Crippen MR) is 109 cm³/mol. The van der Waals surface area contributed by atoms with Crippen LogP contribution >= 0.6 is 0 Å². The quantitative estimate of drug-likeness (QED) is 0.645. The van der Waals surface area contributed by atoms with Gasteiger partial charge in [0, 0.05) is 19.5 Å². The molecule has 4 rings (SSSR count). The highest BCUT2D eigenvalue weighted by atomic mass is 19.1. The minimum atomic E-state index is -0.312. The van der Waals surface area contributed by atoms with Crippen LogP contribution in [-0.4, -0.2) is 38.7 Å². The largest absolute Gasteiger partial charge is 0.342 e. The maximum atomic E-state index is 13.8. The topological polar surface area (TPSA) is 51.0 Å². The Labute approximate surface area is 170 Å². The summed E-state index contributed by atoms with van der Waals surface area (Å²) < 4.78 is 15.9. The van der Waals surface area contributed by atoms with E-state index in [2.05, 4.69) is 26.9 Å². The van der Waals surface area contributed by atoms with Crippen molar-refractivity contribution in [3.05, 3.63) is 83.7 Å². The van der Waals surface area contributed by atoms with Gasteiger partial charge in [-0.05, 0) is 36.0 Å². The molecule has 1 aliphatic rings. The minimum Gasteiger partial charge on any atom is -0.342 e. The van der Waals surface area contributed by atoms with Gasteiger partial charge in [0.1, 0.15) is 18.0 Å². The van der Waals surface area contributed by atoms with Gasteiger partial charge < -0.3 is 9.47 Å². The van der Waals surface area contributed by atoms with Crippen molar-refractivity contribution >= 4 is 5.91 Å². The number of hydrogen-bond acceptors (Lipinski definition) is 3. The third-order valence-electron chi connectivity index (χ3n) is 5.63. The second-order valence-electron chi connectivity index (χ2n) is 7.66. The highest BCUT2D eigenvalue weighted by molar-refractivity contribution is 5.78. The van der Waals surface area contributed by atoms with Crippen LogP contribution in [0.3, 0.4) is 0 Å². The number of likely N-dealkylation sites (tertiary alicyclic amines) is 1. The zero-order valence-corrected chi connectivity index (χ0v) is 16.4. The van der Waals surface area contributed by atoms with E-state index in [0.29, 0.717) is 24.6 Å². The molecule has 0 N–H and O–H groups in total. The number of carbonyl (C=O) groups is 1. The lowest BCUT2D eigenvalue weighted by atomic mass is 9.93. The highest BCUT2D eigenvalue weighted by Gasteiger charge is 2.24. The number of benzene rings is 2. The van der Waals surface area contributed by atoms with Crippen LogP contribution < -0.4 is 0 Å². The van der Waals surface area contributed by atoms with Gasteiger partial charge in [-0.15, -0.1) is 10.2 Å². The van der Waals surface area contributed by atoms with Gasteiger partial charge in [-0.1, -0.05) is 48.5 Å². The molecule has 2 heterocycles. The molecule has 1 aliphatic heterocycles. The molecule has 0 spiro atoms. The summed E-state index contributed by atoms with van der Waals surface area (Å²) in [6.45, 7) is 2.19. The van der Waals surface area contributed by atoms with Gasteiger partial charge >= 0.3 is 0 Å². The number of piperidine rings is 1. The summed E-state index contributed by atoms with van der Waals surface area (Å²) >= 11 is 0. The van der Waals surface area contributed by atoms with Crippen molar-refractivity contribution in [1.29, 1.82) is 0 Å². The molecule has 5 nitrogen and oxygen atoms in total. The summed E-state index contributed by atoms with van der Waals surface area (Å²) in [5, 5.41) is 8.41. The SMILES string of the molecule is O=C(Cc1ccccc1F)N1CCC(Cc2nncn2Cc2ccccc2)CC1. The monoisotopic (exact) mass is 392 g/mol. The summed E-state index contributed by atoms with van der Waals surface area (Å²) in [5.74, 6) is 1.16. The van der Waals surface area contributed by atoms with E-state index < -0.39 is 0 Å². The molecule has 1 saturated heterocycles. The smallest absolute Gasteiger partial charge is 0.227 e. The zero-order valence-electron chi connectivity index (χ0n) is 16.4. The molecular weight excluding hydrogens is 367 g/mol. The van der Waals surface area contributed by atoms with Crippen LogP contribution in [0.1, 0.15) is 29.8 Å². The van der Waals surface area contributed by atoms with Crippen LogP contribution in [-0.2, 0) is 24.2 Å².